The number of nitrogens with zero attached hydrogens (tertiary/aromatic N) is 2. The minimum atomic E-state index is -0.0986. The average Bonchev–Trinajstić information content (AvgIpc) is 3.32. The smallest absolute Gasteiger partial charge is 0.272 e. The second kappa shape index (κ2) is 7.22. The number of hydrogen-bond donors (Lipinski definition) is 2. The highest BCUT2D eigenvalue weighted by atomic mass is 16.2. The monoisotopic (exact) mass is 380 g/mol. The summed E-state index contributed by atoms with van der Waals surface area (Å²) in [6.45, 7) is 5.17. The van der Waals surface area contributed by atoms with Crippen LogP contribution >= 0.6 is 0 Å². The molecule has 7 heteroatoms. The first-order chi connectivity index (χ1) is 13.4. The van der Waals surface area contributed by atoms with Gasteiger partial charge in [-0.25, -0.2) is 0 Å². The predicted molar refractivity (Wildman–Crippen MR) is 104 cm³/mol. The van der Waals surface area contributed by atoms with Gasteiger partial charge in [0.05, 0.1) is 12.6 Å². The van der Waals surface area contributed by atoms with Crippen LogP contribution in [0.3, 0.4) is 0 Å². The number of amides is 2. The Kier molecular flexibility index (Phi) is 4.75. The van der Waals surface area contributed by atoms with Crippen LogP contribution in [-0.4, -0.2) is 45.8 Å². The lowest BCUT2D eigenvalue weighted by atomic mass is 9.88. The van der Waals surface area contributed by atoms with E-state index in [1.54, 1.807) is 23.2 Å². The number of aromatic amines is 1. The predicted octanol–water partition coefficient (Wildman–Crippen LogP) is 2.76. The molecule has 1 saturated heterocycles. The van der Waals surface area contributed by atoms with Crippen LogP contribution in [-0.2, 0) is 11.2 Å². The van der Waals surface area contributed by atoms with Crippen LogP contribution < -0.4 is 5.32 Å². The minimum absolute atomic E-state index is 0.0361. The summed E-state index contributed by atoms with van der Waals surface area (Å²) in [5.41, 5.74) is 3.79. The van der Waals surface area contributed by atoms with Gasteiger partial charge in [0.15, 0.2) is 5.78 Å². The molecule has 2 aliphatic rings. The Bertz CT molecular complexity index is 939. The van der Waals surface area contributed by atoms with Gasteiger partial charge in [-0.2, -0.15) is 5.10 Å². The standard InChI is InChI=1S/C21H24N4O3/c1-12(2)16-11-22-24-19(16)21(28)25-7-5-13(6-8-25)20(27)14-3-4-17-15(9-14)10-18(26)23-17/h3-4,9,11-13H,5-8,10H2,1-2H3,(H,22,24)(H,23,26). The molecular weight excluding hydrogens is 356 g/mol. The SMILES string of the molecule is CC(C)c1cn[nH]c1C(=O)N1CCC(C(=O)c2ccc3c(c2)CC(=O)N3)CC1. The second-order valence-electron chi connectivity index (χ2n) is 7.88. The Morgan fingerprint density at radius 1 is 1.21 bits per heavy atom. The first kappa shape index (κ1) is 18.4. The van der Waals surface area contributed by atoms with E-state index in [2.05, 4.69) is 15.5 Å². The Morgan fingerprint density at radius 2 is 1.96 bits per heavy atom. The van der Waals surface area contributed by atoms with Crippen LogP contribution in [0.5, 0.6) is 0 Å². The van der Waals surface area contributed by atoms with Gasteiger partial charge in [0, 0.05) is 35.8 Å². The highest BCUT2D eigenvalue weighted by Gasteiger charge is 2.30. The number of ketones is 1. The minimum Gasteiger partial charge on any atom is -0.337 e. The van der Waals surface area contributed by atoms with Crippen molar-refractivity contribution in [2.24, 2.45) is 5.92 Å². The maximum Gasteiger partial charge on any atom is 0.272 e. The number of hydrogen-bond acceptors (Lipinski definition) is 4. The van der Waals surface area contributed by atoms with E-state index in [1.165, 1.54) is 0 Å². The number of H-pyrrole nitrogens is 1. The summed E-state index contributed by atoms with van der Waals surface area (Å²) in [6, 6.07) is 5.41. The number of carbonyl (C=O) groups is 3. The molecule has 0 spiro atoms. The molecule has 2 amide bonds. The third-order valence-corrected chi connectivity index (χ3v) is 5.67. The van der Waals surface area contributed by atoms with E-state index in [4.69, 9.17) is 0 Å². The highest BCUT2D eigenvalue weighted by Crippen LogP contribution is 2.28. The van der Waals surface area contributed by atoms with E-state index in [9.17, 15) is 14.4 Å². The van der Waals surface area contributed by atoms with Crippen LogP contribution in [0.1, 0.15) is 64.6 Å². The molecule has 28 heavy (non-hydrogen) atoms. The second-order valence-corrected chi connectivity index (χ2v) is 7.88. The van der Waals surface area contributed by atoms with Crippen LogP contribution in [0.15, 0.2) is 24.4 Å². The van der Waals surface area contributed by atoms with Crippen LogP contribution in [0.2, 0.25) is 0 Å². The molecule has 2 N–H and O–H groups in total. The first-order valence-electron chi connectivity index (χ1n) is 9.73. The fourth-order valence-electron chi connectivity index (χ4n) is 4.03. The van der Waals surface area contributed by atoms with Crippen molar-refractivity contribution >= 4 is 23.3 Å². The molecule has 1 aromatic carbocycles. The van der Waals surface area contributed by atoms with Gasteiger partial charge in [0.2, 0.25) is 5.91 Å². The maximum atomic E-state index is 12.9. The fraction of sp³-hybridized carbons (Fsp3) is 0.429. The third kappa shape index (κ3) is 3.32. The number of fused-ring (bicyclic) bond motifs is 1. The molecule has 0 saturated carbocycles. The Hall–Kier alpha value is -2.96. The number of likely N-dealkylation sites (tertiary alicyclic amines) is 1. The van der Waals surface area contributed by atoms with E-state index < -0.39 is 0 Å². The fourth-order valence-corrected chi connectivity index (χ4v) is 4.03. The number of Topliss-reactive ketones (excluding diaryl/α,β-unsaturated/α-hetero) is 1. The maximum absolute atomic E-state index is 12.9. The number of piperidine rings is 1. The largest absolute Gasteiger partial charge is 0.337 e. The third-order valence-electron chi connectivity index (χ3n) is 5.67. The Balaban J connectivity index is 1.41. The van der Waals surface area contributed by atoms with Gasteiger partial charge in [-0.1, -0.05) is 13.8 Å². The first-order valence-corrected chi connectivity index (χ1v) is 9.73. The van der Waals surface area contributed by atoms with E-state index in [0.717, 1.165) is 16.8 Å². The average molecular weight is 380 g/mol. The summed E-state index contributed by atoms with van der Waals surface area (Å²) < 4.78 is 0. The van der Waals surface area contributed by atoms with Crippen molar-refractivity contribution in [3.8, 4) is 0 Å². The van der Waals surface area contributed by atoms with Crippen LogP contribution in [0.4, 0.5) is 5.69 Å². The number of nitrogens with one attached hydrogen (secondary N) is 2. The molecule has 0 aliphatic carbocycles. The van der Waals surface area contributed by atoms with Gasteiger partial charge < -0.3 is 10.2 Å². The van der Waals surface area contributed by atoms with Crippen molar-refractivity contribution in [2.75, 3.05) is 18.4 Å². The molecule has 146 valence electrons. The van der Waals surface area contributed by atoms with Crippen molar-refractivity contribution in [2.45, 2.75) is 39.0 Å². The Morgan fingerprint density at radius 3 is 2.68 bits per heavy atom. The zero-order valence-corrected chi connectivity index (χ0v) is 16.1. The zero-order valence-electron chi connectivity index (χ0n) is 16.1. The quantitative estimate of drug-likeness (QED) is 0.798. The molecule has 0 atom stereocenters. The molecule has 0 bridgehead atoms. The molecule has 7 nitrogen and oxygen atoms in total. The van der Waals surface area contributed by atoms with Gasteiger partial charge in [-0.15, -0.1) is 0 Å². The van der Waals surface area contributed by atoms with Gasteiger partial charge in [-0.05, 0) is 42.5 Å². The van der Waals surface area contributed by atoms with Gasteiger partial charge in [0.1, 0.15) is 5.69 Å². The lowest BCUT2D eigenvalue weighted by Gasteiger charge is -2.31. The lowest BCUT2D eigenvalue weighted by molar-refractivity contribution is -0.115. The topological polar surface area (TPSA) is 95.2 Å². The zero-order chi connectivity index (χ0) is 19.8. The summed E-state index contributed by atoms with van der Waals surface area (Å²) >= 11 is 0. The van der Waals surface area contributed by atoms with E-state index >= 15 is 0 Å². The number of aromatic nitrogens is 2. The summed E-state index contributed by atoms with van der Waals surface area (Å²) in [6.07, 6.45) is 3.32. The number of carbonyl (C=O) groups excluding carboxylic acids is 3. The lowest BCUT2D eigenvalue weighted by Crippen LogP contribution is -2.40. The molecule has 4 rings (SSSR count). The molecule has 1 aromatic heterocycles. The summed E-state index contributed by atoms with van der Waals surface area (Å²) in [4.78, 5) is 39.0. The van der Waals surface area contributed by atoms with E-state index in [1.807, 2.05) is 19.9 Å². The van der Waals surface area contributed by atoms with Crippen LogP contribution in [0, 0.1) is 5.92 Å². The summed E-state index contributed by atoms with van der Waals surface area (Å²) in [7, 11) is 0. The van der Waals surface area contributed by atoms with Crippen molar-refractivity contribution in [1.82, 2.24) is 15.1 Å². The molecule has 1 fully saturated rings. The summed E-state index contributed by atoms with van der Waals surface area (Å²) in [5.74, 6) is 0.135. The van der Waals surface area contributed by atoms with Gasteiger partial charge >= 0.3 is 0 Å². The number of anilines is 1. The van der Waals surface area contributed by atoms with Gasteiger partial charge in [0.25, 0.3) is 5.91 Å². The number of rotatable bonds is 4. The van der Waals surface area contributed by atoms with Gasteiger partial charge in [-0.3, -0.25) is 19.5 Å². The van der Waals surface area contributed by atoms with Crippen molar-refractivity contribution in [3.05, 3.63) is 46.8 Å². The number of benzene rings is 1. The van der Waals surface area contributed by atoms with Crippen LogP contribution in [0.25, 0.3) is 0 Å². The van der Waals surface area contributed by atoms with Crippen molar-refractivity contribution in [3.63, 3.8) is 0 Å². The molecule has 0 radical (unpaired) electrons. The highest BCUT2D eigenvalue weighted by molar-refractivity contribution is 6.03. The molecular formula is C21H24N4O3. The normalized spacial score (nSPS) is 17.0. The van der Waals surface area contributed by atoms with E-state index in [0.29, 0.717) is 43.6 Å². The molecule has 2 aromatic rings. The van der Waals surface area contributed by atoms with E-state index in [-0.39, 0.29) is 29.4 Å². The molecule has 2 aliphatic heterocycles. The van der Waals surface area contributed by atoms with Crippen molar-refractivity contribution in [1.29, 1.82) is 0 Å². The molecule has 3 heterocycles. The van der Waals surface area contributed by atoms with Crippen molar-refractivity contribution < 1.29 is 14.4 Å². The summed E-state index contributed by atoms with van der Waals surface area (Å²) in [5, 5.41) is 9.63. The Labute approximate surface area is 163 Å². The molecule has 0 unspecified atom stereocenters.